The van der Waals surface area contributed by atoms with Crippen molar-refractivity contribution < 1.29 is 12.8 Å². The van der Waals surface area contributed by atoms with Crippen LogP contribution in [0, 0.1) is 5.82 Å². The molecule has 0 saturated carbocycles. The van der Waals surface area contributed by atoms with Crippen molar-refractivity contribution in [2.45, 2.75) is 11.4 Å². The Morgan fingerprint density at radius 1 is 1.15 bits per heavy atom. The highest BCUT2D eigenvalue weighted by Crippen LogP contribution is 2.29. The molecule has 1 heterocycles. The van der Waals surface area contributed by atoms with Crippen LogP contribution in [0.3, 0.4) is 0 Å². The number of nitrogens with zero attached hydrogens (tertiary/aromatic N) is 2. The van der Waals surface area contributed by atoms with Crippen LogP contribution in [0.4, 0.5) is 10.2 Å². The Hall–Kier alpha value is -1.32. The third kappa shape index (κ3) is 4.57. The van der Waals surface area contributed by atoms with Crippen LogP contribution in [0.2, 0.25) is 15.1 Å². The van der Waals surface area contributed by atoms with Gasteiger partial charge in [-0.15, -0.1) is 0 Å². The molecule has 0 saturated heterocycles. The SMILES string of the molecule is O=S(=O)(Nc1nn(Cc2c(F)cccc2Cl)cc1Br)c1cc(Cl)ccc1Cl. The lowest BCUT2D eigenvalue weighted by atomic mass is 10.2. The lowest BCUT2D eigenvalue weighted by molar-refractivity contribution is 0.585. The van der Waals surface area contributed by atoms with Gasteiger partial charge >= 0.3 is 0 Å². The maximum atomic E-state index is 13.9. The van der Waals surface area contributed by atoms with Gasteiger partial charge in [0.25, 0.3) is 10.0 Å². The average molecular weight is 514 g/mol. The van der Waals surface area contributed by atoms with E-state index < -0.39 is 15.8 Å². The largest absolute Gasteiger partial charge is 0.265 e. The molecule has 0 bridgehead atoms. The van der Waals surface area contributed by atoms with Crippen molar-refractivity contribution in [2.75, 3.05) is 4.72 Å². The van der Waals surface area contributed by atoms with Crippen LogP contribution in [-0.2, 0) is 16.6 Å². The van der Waals surface area contributed by atoms with Gasteiger partial charge in [-0.05, 0) is 46.3 Å². The Labute approximate surface area is 178 Å². The van der Waals surface area contributed by atoms with Crippen LogP contribution in [0.15, 0.2) is 52.0 Å². The molecule has 2 aromatic carbocycles. The number of benzene rings is 2. The summed E-state index contributed by atoms with van der Waals surface area (Å²) in [6, 6.07) is 8.43. The maximum absolute atomic E-state index is 13.9. The van der Waals surface area contributed by atoms with E-state index in [4.69, 9.17) is 34.8 Å². The van der Waals surface area contributed by atoms with Crippen molar-refractivity contribution in [1.82, 2.24) is 9.78 Å². The van der Waals surface area contributed by atoms with Gasteiger partial charge in [-0.25, -0.2) is 12.8 Å². The van der Waals surface area contributed by atoms with E-state index in [1.807, 2.05) is 0 Å². The number of aromatic nitrogens is 2. The Balaban J connectivity index is 1.90. The molecule has 0 fully saturated rings. The van der Waals surface area contributed by atoms with Gasteiger partial charge in [0.15, 0.2) is 5.82 Å². The molecule has 0 aliphatic carbocycles. The van der Waals surface area contributed by atoms with Crippen LogP contribution in [-0.4, -0.2) is 18.2 Å². The molecule has 0 aliphatic rings. The van der Waals surface area contributed by atoms with E-state index in [-0.39, 0.29) is 37.9 Å². The van der Waals surface area contributed by atoms with Crippen molar-refractivity contribution in [3.8, 4) is 0 Å². The molecular weight excluding hydrogens is 504 g/mol. The van der Waals surface area contributed by atoms with Crippen molar-refractivity contribution in [1.29, 1.82) is 0 Å². The summed E-state index contributed by atoms with van der Waals surface area (Å²) < 4.78 is 43.2. The Bertz CT molecular complexity index is 1100. The summed E-state index contributed by atoms with van der Waals surface area (Å²) in [6.45, 7) is 0.0176. The first kappa shape index (κ1) is 20.4. The predicted octanol–water partition coefficient (Wildman–Crippen LogP) is 5.59. The smallest absolute Gasteiger partial charge is 0.264 e. The van der Waals surface area contributed by atoms with Crippen molar-refractivity contribution in [3.63, 3.8) is 0 Å². The van der Waals surface area contributed by atoms with Crippen LogP contribution in [0.25, 0.3) is 0 Å². The zero-order chi connectivity index (χ0) is 19.8. The molecular formula is C16H10BrCl3FN3O2S. The molecule has 3 rings (SSSR count). The summed E-state index contributed by atoms with van der Waals surface area (Å²) in [5, 5.41) is 4.61. The quantitative estimate of drug-likeness (QED) is 0.484. The van der Waals surface area contributed by atoms with Gasteiger partial charge in [0.05, 0.1) is 16.0 Å². The minimum absolute atomic E-state index is 0.0125. The minimum atomic E-state index is -4.04. The van der Waals surface area contributed by atoms with Crippen molar-refractivity contribution >= 4 is 66.6 Å². The standard InChI is InChI=1S/C16H10BrCl3FN3O2S/c17-11-8-24(7-10-12(19)2-1-3-14(10)21)22-16(11)23-27(25,26)15-6-9(18)4-5-13(15)20/h1-6,8H,7H2,(H,22,23). The van der Waals surface area contributed by atoms with Gasteiger partial charge in [-0.2, -0.15) is 5.10 Å². The first-order valence-electron chi connectivity index (χ1n) is 7.31. The molecule has 0 aliphatic heterocycles. The number of hydrogen-bond acceptors (Lipinski definition) is 3. The predicted molar refractivity (Wildman–Crippen MR) is 108 cm³/mol. The third-order valence-electron chi connectivity index (χ3n) is 3.51. The van der Waals surface area contributed by atoms with Gasteiger partial charge < -0.3 is 0 Å². The number of nitrogens with one attached hydrogen (secondary N) is 1. The fraction of sp³-hybridized carbons (Fsp3) is 0.0625. The van der Waals surface area contributed by atoms with Crippen LogP contribution in [0.1, 0.15) is 5.56 Å². The summed E-state index contributed by atoms with van der Waals surface area (Å²) in [6.07, 6.45) is 1.50. The maximum Gasteiger partial charge on any atom is 0.264 e. The van der Waals surface area contributed by atoms with Gasteiger partial charge in [-0.1, -0.05) is 40.9 Å². The second-order valence-electron chi connectivity index (χ2n) is 5.40. The highest BCUT2D eigenvalue weighted by atomic mass is 79.9. The molecule has 5 nitrogen and oxygen atoms in total. The molecule has 11 heteroatoms. The van der Waals surface area contributed by atoms with Crippen LogP contribution >= 0.6 is 50.7 Å². The van der Waals surface area contributed by atoms with E-state index in [1.165, 1.54) is 41.2 Å². The average Bonchev–Trinajstić information content (AvgIpc) is 2.92. The van der Waals surface area contributed by atoms with E-state index in [1.54, 1.807) is 6.07 Å². The molecule has 142 valence electrons. The molecule has 0 spiro atoms. The highest BCUT2D eigenvalue weighted by Gasteiger charge is 2.22. The fourth-order valence-corrected chi connectivity index (χ4v) is 4.81. The van der Waals surface area contributed by atoms with Crippen molar-refractivity contribution in [3.05, 3.63) is 73.5 Å². The number of rotatable bonds is 5. The molecule has 0 radical (unpaired) electrons. The second kappa shape index (κ2) is 7.97. The number of sulfonamides is 1. The summed E-state index contributed by atoms with van der Waals surface area (Å²) in [5.41, 5.74) is 0.237. The zero-order valence-corrected chi connectivity index (χ0v) is 17.9. The summed E-state index contributed by atoms with van der Waals surface area (Å²) in [4.78, 5) is -0.185. The first-order chi connectivity index (χ1) is 12.7. The topological polar surface area (TPSA) is 64.0 Å². The second-order valence-corrected chi connectivity index (χ2v) is 9.16. The van der Waals surface area contributed by atoms with E-state index in [9.17, 15) is 12.8 Å². The van der Waals surface area contributed by atoms with Gasteiger partial charge in [-0.3, -0.25) is 9.40 Å². The summed E-state index contributed by atoms with van der Waals surface area (Å²) in [5.74, 6) is -0.472. The van der Waals surface area contributed by atoms with E-state index in [0.717, 1.165) is 0 Å². The minimum Gasteiger partial charge on any atom is -0.265 e. The van der Waals surface area contributed by atoms with Crippen LogP contribution < -0.4 is 4.72 Å². The lowest BCUT2D eigenvalue weighted by Crippen LogP contribution is -2.14. The van der Waals surface area contributed by atoms with Gasteiger partial charge in [0, 0.05) is 21.8 Å². The molecule has 27 heavy (non-hydrogen) atoms. The normalized spacial score (nSPS) is 11.6. The first-order valence-corrected chi connectivity index (χ1v) is 10.7. The molecule has 0 atom stereocenters. The Morgan fingerprint density at radius 2 is 1.89 bits per heavy atom. The van der Waals surface area contributed by atoms with E-state index >= 15 is 0 Å². The summed E-state index contributed by atoms with van der Waals surface area (Å²) >= 11 is 21.1. The molecule has 0 unspecified atom stereocenters. The summed E-state index contributed by atoms with van der Waals surface area (Å²) in [7, 11) is -4.04. The number of hydrogen-bond donors (Lipinski definition) is 1. The molecule has 3 aromatic rings. The fourth-order valence-electron chi connectivity index (χ4n) is 2.26. The van der Waals surface area contributed by atoms with Crippen LogP contribution in [0.5, 0.6) is 0 Å². The van der Waals surface area contributed by atoms with Gasteiger partial charge in [0.2, 0.25) is 0 Å². The van der Waals surface area contributed by atoms with E-state index in [0.29, 0.717) is 4.47 Å². The molecule has 0 amide bonds. The van der Waals surface area contributed by atoms with E-state index in [2.05, 4.69) is 25.8 Å². The van der Waals surface area contributed by atoms with Crippen molar-refractivity contribution in [2.24, 2.45) is 0 Å². The Kier molecular flexibility index (Phi) is 6.02. The third-order valence-corrected chi connectivity index (χ3v) is 6.50. The Morgan fingerprint density at radius 3 is 2.59 bits per heavy atom. The zero-order valence-electron chi connectivity index (χ0n) is 13.3. The highest BCUT2D eigenvalue weighted by molar-refractivity contribution is 9.10. The number of anilines is 1. The monoisotopic (exact) mass is 511 g/mol. The van der Waals surface area contributed by atoms with Gasteiger partial charge in [0.1, 0.15) is 10.7 Å². The number of halogens is 5. The molecule has 1 N–H and O–H groups in total. The lowest BCUT2D eigenvalue weighted by Gasteiger charge is -2.08. The molecule has 1 aromatic heterocycles.